The van der Waals surface area contributed by atoms with Crippen LogP contribution < -0.4 is 4.90 Å². The Kier molecular flexibility index (Phi) is 4.89. The second-order valence-electron chi connectivity index (χ2n) is 5.57. The van der Waals surface area contributed by atoms with Crippen molar-refractivity contribution in [1.29, 1.82) is 0 Å². The number of β-amino-alcohol motifs (C(OH)–C–C–N with tert-alkyl or cyclic N) is 1. The minimum Gasteiger partial charge on any atom is -0.390 e. The van der Waals surface area contributed by atoms with Gasteiger partial charge in [0.15, 0.2) is 0 Å². The summed E-state index contributed by atoms with van der Waals surface area (Å²) in [6.45, 7) is 4.49. The van der Waals surface area contributed by atoms with Crippen molar-refractivity contribution < 1.29 is 10.0 Å². The Balaban J connectivity index is 1.45. The van der Waals surface area contributed by atoms with Crippen LogP contribution in [0.2, 0.25) is 0 Å². The first-order valence-corrected chi connectivity index (χ1v) is 8.35. The van der Waals surface area contributed by atoms with Gasteiger partial charge in [-0.25, -0.2) is 0 Å². The summed E-state index contributed by atoms with van der Waals surface area (Å²) >= 11 is 1.74. The maximum Gasteiger partial charge on any atom is 0.306 e. The van der Waals surface area contributed by atoms with Gasteiger partial charge in [0.25, 0.3) is 0 Å². The summed E-state index contributed by atoms with van der Waals surface area (Å²) in [6, 6.07) is 4.18. The Morgan fingerprint density at radius 1 is 1.35 bits per heavy atom. The van der Waals surface area contributed by atoms with Crippen molar-refractivity contribution in [3.63, 3.8) is 0 Å². The molecule has 8 nitrogen and oxygen atoms in total. The van der Waals surface area contributed by atoms with E-state index in [9.17, 15) is 15.2 Å². The van der Waals surface area contributed by atoms with Crippen LogP contribution in [0.3, 0.4) is 0 Å². The van der Waals surface area contributed by atoms with Gasteiger partial charge in [-0.15, -0.1) is 11.3 Å². The number of anilines is 1. The van der Waals surface area contributed by atoms with Crippen molar-refractivity contribution in [2.75, 3.05) is 37.6 Å². The molecular formula is C14H19N5O3S. The van der Waals surface area contributed by atoms with E-state index in [1.807, 2.05) is 0 Å². The highest BCUT2D eigenvalue weighted by Crippen LogP contribution is 2.22. The SMILES string of the molecule is O=[N+]([O-])c1cnn(C[C@@H](O)CN2CCN(c3cccs3)CC2)c1. The minimum absolute atomic E-state index is 0.0539. The Morgan fingerprint density at radius 3 is 2.74 bits per heavy atom. The summed E-state index contributed by atoms with van der Waals surface area (Å²) < 4.78 is 1.42. The van der Waals surface area contributed by atoms with Crippen LogP contribution in [-0.2, 0) is 6.54 Å². The normalized spacial score (nSPS) is 17.3. The summed E-state index contributed by atoms with van der Waals surface area (Å²) in [5.74, 6) is 0. The molecule has 23 heavy (non-hydrogen) atoms. The molecule has 1 aliphatic rings. The van der Waals surface area contributed by atoms with Gasteiger partial charge in [-0.1, -0.05) is 0 Å². The molecule has 3 rings (SSSR count). The maximum atomic E-state index is 10.6. The van der Waals surface area contributed by atoms with Gasteiger partial charge in [-0.2, -0.15) is 5.10 Å². The zero-order valence-corrected chi connectivity index (χ0v) is 13.4. The molecule has 1 N–H and O–H groups in total. The van der Waals surface area contributed by atoms with Gasteiger partial charge in [-0.3, -0.25) is 19.7 Å². The molecule has 0 aromatic carbocycles. The molecule has 1 atom stereocenters. The number of thiophene rings is 1. The second kappa shape index (κ2) is 7.07. The fourth-order valence-electron chi connectivity index (χ4n) is 2.72. The molecule has 0 unspecified atom stereocenters. The number of aliphatic hydroxyl groups excluding tert-OH is 1. The van der Waals surface area contributed by atoms with E-state index >= 15 is 0 Å². The summed E-state index contributed by atoms with van der Waals surface area (Å²) in [6.07, 6.45) is 1.95. The number of nitrogens with zero attached hydrogens (tertiary/aromatic N) is 5. The minimum atomic E-state index is -0.595. The predicted octanol–water partition coefficient (Wildman–Crippen LogP) is 1.04. The molecule has 9 heteroatoms. The third-order valence-electron chi connectivity index (χ3n) is 3.89. The van der Waals surface area contributed by atoms with E-state index in [2.05, 4.69) is 32.4 Å². The van der Waals surface area contributed by atoms with E-state index in [1.54, 1.807) is 11.3 Å². The monoisotopic (exact) mass is 337 g/mol. The van der Waals surface area contributed by atoms with Gasteiger partial charge in [0.05, 0.1) is 22.6 Å². The van der Waals surface area contributed by atoms with E-state index < -0.39 is 11.0 Å². The summed E-state index contributed by atoms with van der Waals surface area (Å²) in [5.41, 5.74) is -0.0539. The smallest absolute Gasteiger partial charge is 0.306 e. The highest BCUT2D eigenvalue weighted by molar-refractivity contribution is 7.14. The van der Waals surface area contributed by atoms with Crippen LogP contribution in [-0.4, -0.2) is 63.5 Å². The van der Waals surface area contributed by atoms with E-state index in [4.69, 9.17) is 0 Å². The van der Waals surface area contributed by atoms with Crippen LogP contribution in [0.5, 0.6) is 0 Å². The van der Waals surface area contributed by atoms with E-state index in [-0.39, 0.29) is 12.2 Å². The van der Waals surface area contributed by atoms with Gasteiger partial charge < -0.3 is 10.0 Å². The van der Waals surface area contributed by atoms with Gasteiger partial charge in [0.2, 0.25) is 0 Å². The second-order valence-corrected chi connectivity index (χ2v) is 6.50. The van der Waals surface area contributed by atoms with Crippen molar-refractivity contribution in [2.45, 2.75) is 12.6 Å². The Bertz CT molecular complexity index is 637. The highest BCUT2D eigenvalue weighted by atomic mass is 32.1. The van der Waals surface area contributed by atoms with Crippen molar-refractivity contribution >= 4 is 22.0 Å². The number of hydrogen-bond acceptors (Lipinski definition) is 7. The molecular weight excluding hydrogens is 318 g/mol. The lowest BCUT2D eigenvalue weighted by molar-refractivity contribution is -0.385. The van der Waals surface area contributed by atoms with Crippen molar-refractivity contribution in [1.82, 2.24) is 14.7 Å². The first-order valence-electron chi connectivity index (χ1n) is 7.47. The first kappa shape index (κ1) is 15.9. The Labute approximate surface area is 137 Å². The predicted molar refractivity (Wildman–Crippen MR) is 87.9 cm³/mol. The topological polar surface area (TPSA) is 87.7 Å². The number of aromatic nitrogens is 2. The van der Waals surface area contributed by atoms with Crippen LogP contribution in [0.15, 0.2) is 29.9 Å². The summed E-state index contributed by atoms with van der Waals surface area (Å²) in [7, 11) is 0. The van der Waals surface area contributed by atoms with Gasteiger partial charge >= 0.3 is 5.69 Å². The molecule has 124 valence electrons. The average molecular weight is 337 g/mol. The van der Waals surface area contributed by atoms with Crippen LogP contribution >= 0.6 is 11.3 Å². The van der Waals surface area contributed by atoms with Crippen LogP contribution in [0.25, 0.3) is 0 Å². The van der Waals surface area contributed by atoms with Gasteiger partial charge in [-0.05, 0) is 17.5 Å². The van der Waals surface area contributed by atoms with Crippen molar-refractivity contribution in [3.05, 3.63) is 40.0 Å². The third kappa shape index (κ3) is 4.06. The molecule has 2 aromatic rings. The number of hydrogen-bond donors (Lipinski definition) is 1. The quantitative estimate of drug-likeness (QED) is 0.626. The maximum absolute atomic E-state index is 10.6. The lowest BCUT2D eigenvalue weighted by Crippen LogP contribution is -2.48. The van der Waals surface area contributed by atoms with E-state index in [1.165, 1.54) is 22.1 Å². The molecule has 0 spiro atoms. The van der Waals surface area contributed by atoms with Gasteiger partial charge in [0.1, 0.15) is 12.4 Å². The van der Waals surface area contributed by atoms with Crippen molar-refractivity contribution in [2.24, 2.45) is 0 Å². The zero-order chi connectivity index (χ0) is 16.2. The van der Waals surface area contributed by atoms with Gasteiger partial charge in [0, 0.05) is 32.7 Å². The molecule has 0 radical (unpaired) electrons. The molecule has 0 bridgehead atoms. The molecule has 1 aliphatic heterocycles. The Morgan fingerprint density at radius 2 is 2.13 bits per heavy atom. The number of rotatable bonds is 6. The number of piperazine rings is 1. The summed E-state index contributed by atoms with van der Waals surface area (Å²) in [5, 5.41) is 28.1. The van der Waals surface area contributed by atoms with Crippen LogP contribution in [0, 0.1) is 10.1 Å². The molecule has 3 heterocycles. The fraction of sp³-hybridized carbons (Fsp3) is 0.500. The average Bonchev–Trinajstić information content (AvgIpc) is 3.19. The lowest BCUT2D eigenvalue weighted by atomic mass is 10.2. The molecule has 1 saturated heterocycles. The van der Waals surface area contributed by atoms with E-state index in [0.717, 1.165) is 26.2 Å². The standard InChI is InChI=1S/C14H19N5O3S/c20-13(11-18-9-12(8-15-18)19(21)22)10-16-3-5-17(6-4-16)14-2-1-7-23-14/h1-2,7-9,13,20H,3-6,10-11H2/t13-/m0/s1. The largest absolute Gasteiger partial charge is 0.390 e. The molecule has 2 aromatic heterocycles. The summed E-state index contributed by atoms with van der Waals surface area (Å²) in [4.78, 5) is 14.7. The zero-order valence-electron chi connectivity index (χ0n) is 12.6. The van der Waals surface area contributed by atoms with E-state index in [0.29, 0.717) is 6.54 Å². The molecule has 0 aliphatic carbocycles. The van der Waals surface area contributed by atoms with Crippen LogP contribution in [0.4, 0.5) is 10.7 Å². The molecule has 1 fully saturated rings. The number of aliphatic hydroxyl groups is 1. The fourth-order valence-corrected chi connectivity index (χ4v) is 3.50. The van der Waals surface area contributed by atoms with Crippen molar-refractivity contribution in [3.8, 4) is 0 Å². The first-order chi connectivity index (χ1) is 11.1. The third-order valence-corrected chi connectivity index (χ3v) is 4.82. The lowest BCUT2D eigenvalue weighted by Gasteiger charge is -2.36. The molecule has 0 amide bonds. The molecule has 0 saturated carbocycles. The van der Waals surface area contributed by atoms with Crippen LogP contribution in [0.1, 0.15) is 0 Å². The number of nitro groups is 1. The Hall–Kier alpha value is -1.97. The highest BCUT2D eigenvalue weighted by Gasteiger charge is 2.20.